The van der Waals surface area contributed by atoms with Crippen LogP contribution in [0.2, 0.25) is 0 Å². The second-order valence-corrected chi connectivity index (χ2v) is 11.1. The predicted octanol–water partition coefficient (Wildman–Crippen LogP) is 6.78. The molecule has 6 rings (SSSR count). The van der Waals surface area contributed by atoms with Crippen molar-refractivity contribution >= 4 is 0 Å². The van der Waals surface area contributed by atoms with Gasteiger partial charge in [0.05, 0.1) is 17.5 Å². The lowest BCUT2D eigenvalue weighted by molar-refractivity contribution is -0.0212. The SMILES string of the molecule is C=CCC[C@H]1[C@H](O)CC[C@@]2(C)c3nc(-c4ccnc(C5CC5)c4)nc(-c4ccccc4F)c3CC[C@H]12. The molecule has 186 valence electrons. The number of hydrogen-bond acceptors (Lipinski definition) is 4. The number of aliphatic hydroxyl groups is 1. The van der Waals surface area contributed by atoms with Gasteiger partial charge in [-0.25, -0.2) is 14.4 Å². The van der Waals surface area contributed by atoms with E-state index < -0.39 is 0 Å². The van der Waals surface area contributed by atoms with Gasteiger partial charge in [-0.3, -0.25) is 4.98 Å². The lowest BCUT2D eigenvalue weighted by Crippen LogP contribution is -2.49. The molecule has 0 spiro atoms. The lowest BCUT2D eigenvalue weighted by atomic mass is 9.54. The number of allylic oxidation sites excluding steroid dienone is 1. The van der Waals surface area contributed by atoms with E-state index in [-0.39, 0.29) is 23.3 Å². The van der Waals surface area contributed by atoms with Crippen LogP contribution in [0.25, 0.3) is 22.6 Å². The van der Waals surface area contributed by atoms with Gasteiger partial charge in [-0.2, -0.15) is 0 Å². The third-order valence-corrected chi connectivity index (χ3v) is 8.91. The van der Waals surface area contributed by atoms with Gasteiger partial charge < -0.3 is 5.11 Å². The molecule has 1 aromatic carbocycles. The topological polar surface area (TPSA) is 58.9 Å². The Morgan fingerprint density at radius 1 is 1.14 bits per heavy atom. The largest absolute Gasteiger partial charge is 0.393 e. The molecule has 0 amide bonds. The molecule has 36 heavy (non-hydrogen) atoms. The van der Waals surface area contributed by atoms with Crippen LogP contribution in [0.5, 0.6) is 0 Å². The van der Waals surface area contributed by atoms with Crippen molar-refractivity contribution in [1.29, 1.82) is 0 Å². The van der Waals surface area contributed by atoms with Crippen LogP contribution < -0.4 is 0 Å². The average Bonchev–Trinajstić information content (AvgIpc) is 3.74. The summed E-state index contributed by atoms with van der Waals surface area (Å²) in [6, 6.07) is 11.0. The van der Waals surface area contributed by atoms with Crippen molar-refractivity contribution in [2.24, 2.45) is 11.8 Å². The van der Waals surface area contributed by atoms with Crippen LogP contribution in [0.3, 0.4) is 0 Å². The fourth-order valence-electron chi connectivity index (χ4n) is 6.81. The summed E-state index contributed by atoms with van der Waals surface area (Å²) in [4.78, 5) is 14.9. The summed E-state index contributed by atoms with van der Waals surface area (Å²) >= 11 is 0. The molecule has 0 aliphatic heterocycles. The number of pyridine rings is 1. The molecule has 1 N–H and O–H groups in total. The normalized spacial score (nSPS) is 27.2. The molecule has 0 bridgehead atoms. The summed E-state index contributed by atoms with van der Waals surface area (Å²) in [5, 5.41) is 11.0. The Balaban J connectivity index is 1.53. The summed E-state index contributed by atoms with van der Waals surface area (Å²) in [5.74, 6) is 1.46. The molecular formula is C31H34FN3O. The van der Waals surface area contributed by atoms with Crippen molar-refractivity contribution in [2.45, 2.75) is 75.7 Å². The van der Waals surface area contributed by atoms with Crippen LogP contribution in [-0.2, 0) is 11.8 Å². The molecule has 0 unspecified atom stereocenters. The highest BCUT2D eigenvalue weighted by atomic mass is 19.1. The first-order chi connectivity index (χ1) is 17.5. The van der Waals surface area contributed by atoms with Crippen molar-refractivity contribution in [2.75, 3.05) is 0 Å². The van der Waals surface area contributed by atoms with E-state index in [9.17, 15) is 5.11 Å². The summed E-state index contributed by atoms with van der Waals surface area (Å²) in [6.45, 7) is 6.22. The van der Waals surface area contributed by atoms with Gasteiger partial charge in [0.2, 0.25) is 0 Å². The van der Waals surface area contributed by atoms with E-state index >= 15 is 4.39 Å². The molecule has 3 aliphatic carbocycles. The first-order valence-corrected chi connectivity index (χ1v) is 13.4. The van der Waals surface area contributed by atoms with Crippen LogP contribution in [0.1, 0.15) is 74.7 Å². The minimum Gasteiger partial charge on any atom is -0.393 e. The van der Waals surface area contributed by atoms with Crippen molar-refractivity contribution in [1.82, 2.24) is 15.0 Å². The van der Waals surface area contributed by atoms with E-state index in [1.165, 1.54) is 18.9 Å². The molecule has 4 nitrogen and oxygen atoms in total. The fourth-order valence-corrected chi connectivity index (χ4v) is 6.81. The molecule has 2 heterocycles. The Morgan fingerprint density at radius 3 is 2.75 bits per heavy atom. The fraction of sp³-hybridized carbons (Fsp3) is 0.452. The first kappa shape index (κ1) is 23.5. The number of halogens is 1. The van der Waals surface area contributed by atoms with Gasteiger partial charge in [-0.15, -0.1) is 6.58 Å². The smallest absolute Gasteiger partial charge is 0.160 e. The van der Waals surface area contributed by atoms with Gasteiger partial charge in [0.1, 0.15) is 5.82 Å². The van der Waals surface area contributed by atoms with Gasteiger partial charge in [0, 0.05) is 39.9 Å². The van der Waals surface area contributed by atoms with E-state index in [0.717, 1.165) is 61.0 Å². The van der Waals surface area contributed by atoms with Crippen LogP contribution in [0.15, 0.2) is 55.3 Å². The molecular weight excluding hydrogens is 449 g/mol. The highest BCUT2D eigenvalue weighted by Crippen LogP contribution is 2.54. The van der Waals surface area contributed by atoms with Crippen molar-refractivity contribution in [3.8, 4) is 22.6 Å². The van der Waals surface area contributed by atoms with Gasteiger partial charge in [-0.05, 0) is 87.5 Å². The molecule has 3 aliphatic rings. The second-order valence-electron chi connectivity index (χ2n) is 11.1. The summed E-state index contributed by atoms with van der Waals surface area (Å²) in [7, 11) is 0. The highest BCUT2D eigenvalue weighted by molar-refractivity contribution is 5.69. The Kier molecular flexibility index (Phi) is 5.99. The first-order valence-electron chi connectivity index (χ1n) is 13.4. The van der Waals surface area contributed by atoms with Crippen LogP contribution >= 0.6 is 0 Å². The third kappa shape index (κ3) is 3.98. The van der Waals surface area contributed by atoms with Crippen molar-refractivity contribution in [3.05, 3.63) is 78.0 Å². The number of aliphatic hydroxyl groups excluding tert-OH is 1. The quantitative estimate of drug-likeness (QED) is 0.393. The van der Waals surface area contributed by atoms with Crippen molar-refractivity contribution in [3.63, 3.8) is 0 Å². The molecule has 2 aromatic heterocycles. The number of nitrogens with zero attached hydrogens (tertiary/aromatic N) is 3. The zero-order valence-corrected chi connectivity index (χ0v) is 21.0. The van der Waals surface area contributed by atoms with Gasteiger partial charge in [-0.1, -0.05) is 25.1 Å². The number of rotatable bonds is 6. The van der Waals surface area contributed by atoms with Crippen LogP contribution in [-0.4, -0.2) is 26.2 Å². The molecule has 5 heteroatoms. The maximum Gasteiger partial charge on any atom is 0.160 e. The lowest BCUT2D eigenvalue weighted by Gasteiger charge is -2.51. The highest BCUT2D eigenvalue weighted by Gasteiger charge is 2.50. The van der Waals surface area contributed by atoms with E-state index in [1.54, 1.807) is 6.07 Å². The maximum atomic E-state index is 15.1. The third-order valence-electron chi connectivity index (χ3n) is 8.91. The Labute approximate surface area is 212 Å². The molecule has 2 fully saturated rings. The Hall–Kier alpha value is -2.92. The van der Waals surface area contributed by atoms with Gasteiger partial charge in [0.15, 0.2) is 5.82 Å². The number of fused-ring (bicyclic) bond motifs is 3. The number of benzene rings is 1. The molecule has 4 atom stereocenters. The van der Waals surface area contributed by atoms with E-state index in [4.69, 9.17) is 9.97 Å². The monoisotopic (exact) mass is 483 g/mol. The zero-order chi connectivity index (χ0) is 24.9. The molecule has 0 radical (unpaired) electrons. The Bertz CT molecular complexity index is 1300. The van der Waals surface area contributed by atoms with E-state index in [1.807, 2.05) is 30.5 Å². The molecule has 3 aromatic rings. The molecule has 0 saturated heterocycles. The predicted molar refractivity (Wildman–Crippen MR) is 140 cm³/mol. The maximum absolute atomic E-state index is 15.1. The van der Waals surface area contributed by atoms with Gasteiger partial charge in [0.25, 0.3) is 0 Å². The average molecular weight is 484 g/mol. The Morgan fingerprint density at radius 2 is 1.97 bits per heavy atom. The second kappa shape index (κ2) is 9.19. The van der Waals surface area contributed by atoms with E-state index in [0.29, 0.717) is 28.9 Å². The van der Waals surface area contributed by atoms with Crippen LogP contribution in [0.4, 0.5) is 4.39 Å². The summed E-state index contributed by atoms with van der Waals surface area (Å²) in [5.41, 5.74) is 5.21. The van der Waals surface area contributed by atoms with Gasteiger partial charge >= 0.3 is 0 Å². The minimum atomic E-state index is -0.293. The number of aromatic nitrogens is 3. The zero-order valence-electron chi connectivity index (χ0n) is 21.0. The van der Waals surface area contributed by atoms with Crippen molar-refractivity contribution < 1.29 is 9.50 Å². The van der Waals surface area contributed by atoms with Crippen LogP contribution in [0, 0.1) is 17.7 Å². The summed E-state index contributed by atoms with van der Waals surface area (Å²) < 4.78 is 15.1. The minimum absolute atomic E-state index is 0.192. The number of hydrogen-bond donors (Lipinski definition) is 1. The summed E-state index contributed by atoms with van der Waals surface area (Å²) in [6.07, 6.45) is 11.1. The standard InChI is InChI=1S/C31H34FN3O/c1-3-4-7-21-24-13-12-23-28(22-8-5-6-9-25(22)32)34-30(20-15-17-33-26(18-20)19-10-11-19)35-29(23)31(24,2)16-14-27(21)36/h3,5-6,8-9,15,17-19,21,24,27,36H,1,4,7,10-14,16H2,2H3/t21-,24-,27-,31-/m1/s1. The van der Waals surface area contributed by atoms with E-state index in [2.05, 4.69) is 24.6 Å². The molecule has 2 saturated carbocycles.